The lowest BCUT2D eigenvalue weighted by Gasteiger charge is -2.01. The van der Waals surface area contributed by atoms with E-state index in [4.69, 9.17) is 0 Å². The van der Waals surface area contributed by atoms with Crippen LogP contribution in [0.3, 0.4) is 0 Å². The number of benzene rings is 1. The van der Waals surface area contributed by atoms with E-state index in [0.29, 0.717) is 16.5 Å². The Morgan fingerprint density at radius 1 is 1.38 bits per heavy atom. The van der Waals surface area contributed by atoms with Gasteiger partial charge in [-0.2, -0.15) is 0 Å². The van der Waals surface area contributed by atoms with Gasteiger partial charge in [-0.3, -0.25) is 0 Å². The molecule has 0 saturated carbocycles. The second-order valence-electron chi connectivity index (χ2n) is 2.63. The maximum absolute atomic E-state index is 13.0. The van der Waals surface area contributed by atoms with Gasteiger partial charge in [0, 0.05) is 5.33 Å². The van der Waals surface area contributed by atoms with Gasteiger partial charge in [-0.05, 0) is 24.1 Å². The molecule has 0 fully saturated rings. The molecule has 1 rings (SSSR count). The molecule has 1 aromatic rings. The number of hydrogen-bond acceptors (Lipinski definition) is 0. The average molecular weight is 247 g/mol. The van der Waals surface area contributed by atoms with Gasteiger partial charge in [0.25, 0.3) is 0 Å². The van der Waals surface area contributed by atoms with Gasteiger partial charge in [0.2, 0.25) is 0 Å². The minimum atomic E-state index is -0.798. The predicted octanol–water partition coefficient (Wildman–Crippen LogP) is 3.68. The van der Waals surface area contributed by atoms with Crippen molar-refractivity contribution in [2.45, 2.75) is 6.92 Å². The van der Waals surface area contributed by atoms with Crippen molar-refractivity contribution in [1.29, 1.82) is 0 Å². The molecule has 0 aliphatic carbocycles. The Morgan fingerprint density at radius 3 is 2.69 bits per heavy atom. The molecule has 0 atom stereocenters. The van der Waals surface area contributed by atoms with Crippen LogP contribution in [-0.4, -0.2) is 5.33 Å². The van der Waals surface area contributed by atoms with E-state index < -0.39 is 11.6 Å². The highest BCUT2D eigenvalue weighted by molar-refractivity contribution is 9.09. The zero-order valence-electron chi connectivity index (χ0n) is 7.15. The van der Waals surface area contributed by atoms with Gasteiger partial charge in [0.1, 0.15) is 0 Å². The highest BCUT2D eigenvalue weighted by Crippen LogP contribution is 2.16. The Hall–Kier alpha value is -0.700. The van der Waals surface area contributed by atoms with Crippen LogP contribution in [0.25, 0.3) is 6.08 Å². The van der Waals surface area contributed by atoms with Crippen molar-refractivity contribution in [3.8, 4) is 0 Å². The van der Waals surface area contributed by atoms with Crippen LogP contribution in [0.15, 0.2) is 18.2 Å². The second kappa shape index (κ2) is 4.51. The topological polar surface area (TPSA) is 0 Å². The SMILES string of the molecule is Cc1c(C=CCBr)ccc(F)c1F. The fourth-order valence-corrected chi connectivity index (χ4v) is 1.21. The van der Waals surface area contributed by atoms with E-state index in [-0.39, 0.29) is 0 Å². The first-order chi connectivity index (χ1) is 6.16. The summed E-state index contributed by atoms with van der Waals surface area (Å²) in [6.07, 6.45) is 3.59. The Morgan fingerprint density at radius 2 is 2.08 bits per heavy atom. The van der Waals surface area contributed by atoms with Crippen molar-refractivity contribution in [3.63, 3.8) is 0 Å². The van der Waals surface area contributed by atoms with Gasteiger partial charge < -0.3 is 0 Å². The summed E-state index contributed by atoms with van der Waals surface area (Å²) >= 11 is 3.21. The third-order valence-corrected chi connectivity index (χ3v) is 2.14. The number of alkyl halides is 1. The smallest absolute Gasteiger partial charge is 0.162 e. The maximum atomic E-state index is 13.0. The van der Waals surface area contributed by atoms with Gasteiger partial charge in [0.05, 0.1) is 0 Å². The number of halogens is 3. The van der Waals surface area contributed by atoms with Crippen LogP contribution in [0.4, 0.5) is 8.78 Å². The first kappa shape index (κ1) is 10.4. The van der Waals surface area contributed by atoms with Crippen LogP contribution >= 0.6 is 15.9 Å². The summed E-state index contributed by atoms with van der Waals surface area (Å²) in [6, 6.07) is 2.70. The normalized spacial score (nSPS) is 11.1. The summed E-state index contributed by atoms with van der Waals surface area (Å²) in [6.45, 7) is 1.56. The molecule has 0 aliphatic heterocycles. The van der Waals surface area contributed by atoms with E-state index in [1.807, 2.05) is 6.08 Å². The summed E-state index contributed by atoms with van der Waals surface area (Å²) in [5.41, 5.74) is 1.05. The minimum absolute atomic E-state index is 0.345. The Balaban J connectivity index is 3.11. The number of rotatable bonds is 2. The van der Waals surface area contributed by atoms with Crippen LogP contribution in [0.1, 0.15) is 11.1 Å². The lowest BCUT2D eigenvalue weighted by atomic mass is 10.1. The summed E-state index contributed by atoms with van der Waals surface area (Å²) in [7, 11) is 0. The van der Waals surface area contributed by atoms with Crippen LogP contribution in [0.2, 0.25) is 0 Å². The van der Waals surface area contributed by atoms with Crippen LogP contribution in [0, 0.1) is 18.6 Å². The van der Waals surface area contributed by atoms with Crippen molar-refractivity contribution in [2.75, 3.05) is 5.33 Å². The average Bonchev–Trinajstić information content (AvgIpc) is 2.13. The Bertz CT molecular complexity index is 332. The molecule has 0 N–H and O–H groups in total. The van der Waals surface area contributed by atoms with Crippen molar-refractivity contribution in [3.05, 3.63) is 41.0 Å². The molecule has 0 heterocycles. The van der Waals surface area contributed by atoms with Crippen LogP contribution < -0.4 is 0 Å². The summed E-state index contributed by atoms with van der Waals surface area (Å²) < 4.78 is 25.7. The number of allylic oxidation sites excluding steroid dienone is 1. The van der Waals surface area contributed by atoms with E-state index in [1.165, 1.54) is 0 Å². The van der Waals surface area contributed by atoms with E-state index in [0.717, 1.165) is 6.07 Å². The molecule has 0 amide bonds. The quantitative estimate of drug-likeness (QED) is 0.699. The first-order valence-electron chi connectivity index (χ1n) is 3.84. The first-order valence-corrected chi connectivity index (χ1v) is 4.96. The maximum Gasteiger partial charge on any atom is 0.162 e. The van der Waals surface area contributed by atoms with E-state index in [2.05, 4.69) is 15.9 Å². The van der Waals surface area contributed by atoms with Crippen molar-refractivity contribution in [1.82, 2.24) is 0 Å². The standard InChI is InChI=1S/C10H9BrF2/c1-7-8(3-2-6-11)4-5-9(12)10(7)13/h2-5H,6H2,1H3. The summed E-state index contributed by atoms with van der Waals surface area (Å²) in [5.74, 6) is -1.56. The monoisotopic (exact) mass is 246 g/mol. The van der Waals surface area contributed by atoms with Gasteiger partial charge in [-0.25, -0.2) is 8.78 Å². The molecule has 3 heteroatoms. The molecule has 0 spiro atoms. The van der Waals surface area contributed by atoms with Gasteiger partial charge in [0.15, 0.2) is 11.6 Å². The van der Waals surface area contributed by atoms with Crippen molar-refractivity contribution >= 4 is 22.0 Å². The lowest BCUT2D eigenvalue weighted by molar-refractivity contribution is 0.503. The molecule has 0 bridgehead atoms. The molecule has 0 saturated heterocycles. The van der Waals surface area contributed by atoms with E-state index >= 15 is 0 Å². The van der Waals surface area contributed by atoms with Crippen LogP contribution in [0.5, 0.6) is 0 Å². The molecular formula is C10H9BrF2. The highest BCUT2D eigenvalue weighted by atomic mass is 79.9. The van der Waals surface area contributed by atoms with Gasteiger partial charge in [-0.1, -0.05) is 34.1 Å². The molecule has 70 valence electrons. The highest BCUT2D eigenvalue weighted by Gasteiger charge is 2.06. The third kappa shape index (κ3) is 2.37. The fourth-order valence-electron chi connectivity index (χ4n) is 1.02. The largest absolute Gasteiger partial charge is 0.204 e. The Kier molecular flexibility index (Phi) is 3.60. The van der Waals surface area contributed by atoms with E-state index in [1.54, 1.807) is 19.1 Å². The molecule has 0 aliphatic rings. The molecule has 0 aromatic heterocycles. The second-order valence-corrected chi connectivity index (χ2v) is 3.28. The summed E-state index contributed by atoms with van der Waals surface area (Å²) in [4.78, 5) is 0. The molecule has 0 unspecified atom stereocenters. The molecule has 1 aromatic carbocycles. The molecule has 13 heavy (non-hydrogen) atoms. The van der Waals surface area contributed by atoms with Crippen molar-refractivity contribution in [2.24, 2.45) is 0 Å². The van der Waals surface area contributed by atoms with E-state index in [9.17, 15) is 8.78 Å². The minimum Gasteiger partial charge on any atom is -0.204 e. The molecule has 0 radical (unpaired) electrons. The van der Waals surface area contributed by atoms with Gasteiger partial charge in [-0.15, -0.1) is 0 Å². The Labute approximate surface area is 84.4 Å². The number of hydrogen-bond donors (Lipinski definition) is 0. The zero-order chi connectivity index (χ0) is 9.84. The lowest BCUT2D eigenvalue weighted by Crippen LogP contribution is -1.91. The van der Waals surface area contributed by atoms with Gasteiger partial charge >= 0.3 is 0 Å². The van der Waals surface area contributed by atoms with Crippen molar-refractivity contribution < 1.29 is 8.78 Å². The molecular weight excluding hydrogens is 238 g/mol. The fraction of sp³-hybridized carbons (Fsp3) is 0.200. The summed E-state index contributed by atoms with van der Waals surface area (Å²) in [5, 5.41) is 0.700. The van der Waals surface area contributed by atoms with Crippen LogP contribution in [-0.2, 0) is 0 Å². The zero-order valence-corrected chi connectivity index (χ0v) is 8.74. The predicted molar refractivity (Wildman–Crippen MR) is 53.9 cm³/mol. The molecule has 0 nitrogen and oxygen atoms in total. The third-order valence-electron chi connectivity index (χ3n) is 1.77.